The number of rotatable bonds is 4. The molecule has 0 saturated carbocycles. The maximum Gasteiger partial charge on any atom is 0.417 e. The summed E-state index contributed by atoms with van der Waals surface area (Å²) in [7, 11) is 0. The first-order valence-corrected chi connectivity index (χ1v) is 8.22. The van der Waals surface area contributed by atoms with Crippen molar-refractivity contribution in [2.45, 2.75) is 12.6 Å². The maximum atomic E-state index is 12.9. The number of hydrogen-bond acceptors (Lipinski definition) is 2. The van der Waals surface area contributed by atoms with E-state index >= 15 is 0 Å². The highest BCUT2D eigenvalue weighted by atomic mass is 79.9. The van der Waals surface area contributed by atoms with Crippen molar-refractivity contribution in [3.63, 3.8) is 0 Å². The number of amides is 2. The fourth-order valence-electron chi connectivity index (χ4n) is 2.15. The van der Waals surface area contributed by atoms with E-state index in [1.807, 2.05) is 0 Å². The fraction of sp³-hybridized carbons (Fsp3) is 0.188. The molecule has 0 aliphatic rings. The van der Waals surface area contributed by atoms with Gasteiger partial charge in [0.25, 0.3) is 0 Å². The monoisotopic (exact) mass is 436 g/mol. The number of anilines is 2. The number of aliphatic hydroxyl groups is 1. The summed E-state index contributed by atoms with van der Waals surface area (Å²) in [4.78, 5) is 12.1. The highest BCUT2D eigenvalue weighted by Crippen LogP contribution is 2.36. The quantitative estimate of drug-likeness (QED) is 0.608. The van der Waals surface area contributed by atoms with Crippen LogP contribution in [0, 0.1) is 0 Å². The molecule has 4 nitrogen and oxygen atoms in total. The molecule has 9 heteroatoms. The number of nitrogens with one attached hydrogen (secondary N) is 2. The summed E-state index contributed by atoms with van der Waals surface area (Å²) in [5.41, 5.74) is 0.0292. The van der Waals surface area contributed by atoms with Gasteiger partial charge in [-0.25, -0.2) is 4.79 Å². The van der Waals surface area contributed by atoms with Crippen LogP contribution < -0.4 is 10.6 Å². The van der Waals surface area contributed by atoms with Crippen LogP contribution in [0.15, 0.2) is 40.9 Å². The Labute approximate surface area is 155 Å². The molecule has 134 valence electrons. The first-order valence-electron chi connectivity index (χ1n) is 7.05. The average Bonchev–Trinajstić information content (AvgIpc) is 2.51. The highest BCUT2D eigenvalue weighted by molar-refractivity contribution is 9.10. The number of benzene rings is 2. The van der Waals surface area contributed by atoms with Gasteiger partial charge in [0.2, 0.25) is 0 Å². The van der Waals surface area contributed by atoms with Gasteiger partial charge in [0, 0.05) is 22.5 Å². The lowest BCUT2D eigenvalue weighted by Gasteiger charge is -2.14. The zero-order chi connectivity index (χ0) is 18.6. The molecule has 0 bridgehead atoms. The number of hydrogen-bond donors (Lipinski definition) is 3. The largest absolute Gasteiger partial charge is 0.417 e. The van der Waals surface area contributed by atoms with Crippen LogP contribution in [0.1, 0.15) is 11.1 Å². The molecule has 0 aromatic heterocycles. The van der Waals surface area contributed by atoms with E-state index in [1.165, 1.54) is 6.07 Å². The van der Waals surface area contributed by atoms with Crippen LogP contribution in [0.4, 0.5) is 29.3 Å². The summed E-state index contributed by atoms with van der Waals surface area (Å²) in [5.74, 6) is 0. The van der Waals surface area contributed by atoms with Crippen molar-refractivity contribution in [1.82, 2.24) is 0 Å². The van der Waals surface area contributed by atoms with Crippen LogP contribution in [0.3, 0.4) is 0 Å². The van der Waals surface area contributed by atoms with Crippen LogP contribution in [-0.2, 0) is 12.6 Å². The summed E-state index contributed by atoms with van der Waals surface area (Å²) in [6.45, 7) is -0.120. The molecule has 2 rings (SSSR count). The van der Waals surface area contributed by atoms with Gasteiger partial charge >= 0.3 is 12.2 Å². The lowest BCUT2D eigenvalue weighted by Crippen LogP contribution is -2.21. The Morgan fingerprint density at radius 2 is 1.92 bits per heavy atom. The van der Waals surface area contributed by atoms with E-state index in [9.17, 15) is 18.0 Å². The molecule has 0 spiro atoms. The molecule has 2 aromatic carbocycles. The third kappa shape index (κ3) is 5.10. The Morgan fingerprint density at radius 3 is 2.56 bits per heavy atom. The van der Waals surface area contributed by atoms with Gasteiger partial charge in [0.1, 0.15) is 0 Å². The SMILES string of the molecule is O=C(Nc1ccc(Cl)c(C(F)(F)F)c1)Nc1cccc(Br)c1CCO. The second-order valence-corrected chi connectivity index (χ2v) is 6.27. The predicted octanol–water partition coefficient (Wildman–Crippen LogP) is 5.30. The average molecular weight is 438 g/mol. The van der Waals surface area contributed by atoms with E-state index < -0.39 is 22.8 Å². The summed E-state index contributed by atoms with van der Waals surface area (Å²) in [6, 6.07) is 7.44. The number of carbonyl (C=O) groups excluding carboxylic acids is 1. The van der Waals surface area contributed by atoms with E-state index in [-0.39, 0.29) is 12.3 Å². The van der Waals surface area contributed by atoms with Crippen molar-refractivity contribution in [1.29, 1.82) is 0 Å². The van der Waals surface area contributed by atoms with Crippen LogP contribution in [0.2, 0.25) is 5.02 Å². The third-order valence-electron chi connectivity index (χ3n) is 3.26. The topological polar surface area (TPSA) is 61.4 Å². The van der Waals surface area contributed by atoms with Gasteiger partial charge in [-0.05, 0) is 42.3 Å². The van der Waals surface area contributed by atoms with Gasteiger partial charge in [-0.1, -0.05) is 33.6 Å². The lowest BCUT2D eigenvalue weighted by atomic mass is 10.1. The van der Waals surface area contributed by atoms with Gasteiger partial charge in [0.15, 0.2) is 0 Å². The first kappa shape index (κ1) is 19.6. The molecule has 0 aliphatic heterocycles. The molecule has 2 aromatic rings. The van der Waals surface area contributed by atoms with Crippen molar-refractivity contribution in [3.8, 4) is 0 Å². The summed E-state index contributed by atoms with van der Waals surface area (Å²) >= 11 is 8.86. The van der Waals surface area contributed by atoms with Crippen LogP contribution in [-0.4, -0.2) is 17.7 Å². The van der Waals surface area contributed by atoms with E-state index in [4.69, 9.17) is 16.7 Å². The number of urea groups is 1. The number of carbonyl (C=O) groups is 1. The molecular formula is C16H13BrClF3N2O2. The zero-order valence-electron chi connectivity index (χ0n) is 12.6. The number of aliphatic hydroxyl groups excluding tert-OH is 1. The minimum Gasteiger partial charge on any atom is -0.396 e. The fourth-order valence-corrected chi connectivity index (χ4v) is 2.94. The predicted molar refractivity (Wildman–Crippen MR) is 94.0 cm³/mol. The maximum absolute atomic E-state index is 12.9. The van der Waals surface area contributed by atoms with E-state index in [0.29, 0.717) is 22.1 Å². The Bertz CT molecular complexity index is 784. The lowest BCUT2D eigenvalue weighted by molar-refractivity contribution is -0.137. The Hall–Kier alpha value is -1.77. The molecule has 0 aliphatic carbocycles. The number of alkyl halides is 3. The Balaban J connectivity index is 2.18. The van der Waals surface area contributed by atoms with Crippen LogP contribution in [0.25, 0.3) is 0 Å². The van der Waals surface area contributed by atoms with Gasteiger partial charge < -0.3 is 15.7 Å². The van der Waals surface area contributed by atoms with Crippen molar-refractivity contribution in [3.05, 3.63) is 57.0 Å². The van der Waals surface area contributed by atoms with Crippen LogP contribution in [0.5, 0.6) is 0 Å². The summed E-state index contributed by atoms with van der Waals surface area (Å²) in [5, 5.41) is 13.5. The van der Waals surface area contributed by atoms with Gasteiger partial charge in [-0.2, -0.15) is 13.2 Å². The van der Waals surface area contributed by atoms with E-state index in [2.05, 4.69) is 26.6 Å². The standard InChI is InChI=1S/C16H13BrClF3N2O2/c17-12-2-1-3-14(10(12)6-7-24)23-15(25)22-9-4-5-13(18)11(8-9)16(19,20)21/h1-5,8,24H,6-7H2,(H2,22,23,25). The third-order valence-corrected chi connectivity index (χ3v) is 4.33. The van der Waals surface area contributed by atoms with Gasteiger partial charge in [0.05, 0.1) is 10.6 Å². The van der Waals surface area contributed by atoms with Gasteiger partial charge in [-0.15, -0.1) is 0 Å². The molecule has 0 heterocycles. The summed E-state index contributed by atoms with van der Waals surface area (Å²) in [6.07, 6.45) is -4.32. The number of halogens is 5. The normalized spacial score (nSPS) is 11.3. The second kappa shape index (κ2) is 8.07. The smallest absolute Gasteiger partial charge is 0.396 e. The molecule has 0 unspecified atom stereocenters. The molecule has 0 radical (unpaired) electrons. The molecule has 25 heavy (non-hydrogen) atoms. The Kier molecular flexibility index (Phi) is 6.31. The minimum absolute atomic E-state index is 0.0482. The van der Waals surface area contributed by atoms with Crippen molar-refractivity contribution in [2.75, 3.05) is 17.2 Å². The minimum atomic E-state index is -4.62. The molecular weight excluding hydrogens is 425 g/mol. The zero-order valence-corrected chi connectivity index (χ0v) is 15.0. The Morgan fingerprint density at radius 1 is 1.20 bits per heavy atom. The molecule has 0 saturated heterocycles. The van der Waals surface area contributed by atoms with Crippen LogP contribution >= 0.6 is 27.5 Å². The molecule has 3 N–H and O–H groups in total. The van der Waals surface area contributed by atoms with Gasteiger partial charge in [-0.3, -0.25) is 0 Å². The van der Waals surface area contributed by atoms with Crippen molar-refractivity contribution in [2.24, 2.45) is 0 Å². The van der Waals surface area contributed by atoms with E-state index in [0.717, 1.165) is 12.1 Å². The summed E-state index contributed by atoms with van der Waals surface area (Å²) < 4.78 is 39.3. The molecule has 2 amide bonds. The first-order chi connectivity index (χ1) is 11.7. The van der Waals surface area contributed by atoms with Crippen molar-refractivity contribution < 1.29 is 23.1 Å². The van der Waals surface area contributed by atoms with Crippen molar-refractivity contribution >= 4 is 44.9 Å². The second-order valence-electron chi connectivity index (χ2n) is 5.01. The van der Waals surface area contributed by atoms with E-state index in [1.54, 1.807) is 18.2 Å². The molecule has 0 atom stereocenters. The highest BCUT2D eigenvalue weighted by Gasteiger charge is 2.33. The molecule has 0 fully saturated rings.